The number of imidazole rings is 2. The summed E-state index contributed by atoms with van der Waals surface area (Å²) in [5, 5.41) is 13.6. The molecule has 0 aliphatic carbocycles. The van der Waals surface area contributed by atoms with Crippen LogP contribution in [-0.4, -0.2) is 53.9 Å². The standard InChI is InChI=1S/C30H38N6O3/c1-20-17-36(19-31-20)25-10-9-23(16-22(25)18-37)32-24-7-6-8-26-28(24)33-27(34(26)5)15-21-11-13-35(14-12-21)29(38)39-30(2,3)4/h6-10,16-17,19,21,32,37H,11-15,18H2,1-5H3. The van der Waals surface area contributed by atoms with E-state index in [-0.39, 0.29) is 12.7 Å². The van der Waals surface area contributed by atoms with Gasteiger partial charge in [0.15, 0.2) is 0 Å². The monoisotopic (exact) mass is 530 g/mol. The normalized spacial score (nSPS) is 14.7. The summed E-state index contributed by atoms with van der Waals surface area (Å²) in [5.41, 5.74) is 5.94. The number of aliphatic hydroxyl groups excluding tert-OH is 1. The molecular weight excluding hydrogens is 492 g/mol. The minimum absolute atomic E-state index is 0.0766. The number of nitrogens with one attached hydrogen (secondary N) is 1. The lowest BCUT2D eigenvalue weighted by Crippen LogP contribution is -2.42. The van der Waals surface area contributed by atoms with Gasteiger partial charge in [-0.05, 0) is 76.8 Å². The Balaban J connectivity index is 1.31. The Kier molecular flexibility index (Phi) is 7.36. The number of likely N-dealkylation sites (tertiary alicyclic amines) is 1. The molecule has 1 aliphatic heterocycles. The molecule has 5 rings (SSSR count). The van der Waals surface area contributed by atoms with Gasteiger partial charge in [-0.25, -0.2) is 14.8 Å². The van der Waals surface area contributed by atoms with Gasteiger partial charge in [-0.15, -0.1) is 0 Å². The quantitative estimate of drug-likeness (QED) is 0.342. The Morgan fingerprint density at radius 3 is 2.62 bits per heavy atom. The van der Waals surface area contributed by atoms with E-state index in [1.54, 1.807) is 6.33 Å². The second kappa shape index (κ2) is 10.7. The van der Waals surface area contributed by atoms with Crippen LogP contribution in [0.15, 0.2) is 48.9 Å². The molecule has 39 heavy (non-hydrogen) atoms. The van der Waals surface area contributed by atoms with Gasteiger partial charge in [0.05, 0.1) is 35.5 Å². The number of carbonyl (C=O) groups is 1. The molecule has 9 heteroatoms. The Hall–Kier alpha value is -3.85. The predicted octanol–water partition coefficient (Wildman–Crippen LogP) is 5.49. The molecule has 2 aromatic heterocycles. The Bertz CT molecular complexity index is 1470. The third kappa shape index (κ3) is 5.93. The molecule has 0 bridgehead atoms. The highest BCUT2D eigenvalue weighted by molar-refractivity contribution is 5.91. The lowest BCUT2D eigenvalue weighted by Gasteiger charge is -2.33. The van der Waals surface area contributed by atoms with Crippen LogP contribution in [0, 0.1) is 12.8 Å². The van der Waals surface area contributed by atoms with E-state index in [0.717, 1.165) is 64.4 Å². The van der Waals surface area contributed by atoms with Crippen LogP contribution in [0.25, 0.3) is 16.7 Å². The SMILES string of the molecule is Cc1cn(-c2ccc(Nc3cccc4c3nc(CC3CCN(C(=O)OC(C)(C)C)CC3)n4C)cc2CO)cn1. The van der Waals surface area contributed by atoms with E-state index < -0.39 is 5.60 Å². The molecule has 1 saturated heterocycles. The highest BCUT2D eigenvalue weighted by Crippen LogP contribution is 2.30. The number of para-hydroxylation sites is 1. The summed E-state index contributed by atoms with van der Waals surface area (Å²) < 4.78 is 9.64. The first-order chi connectivity index (χ1) is 18.6. The van der Waals surface area contributed by atoms with Crippen molar-refractivity contribution >= 4 is 28.5 Å². The minimum Gasteiger partial charge on any atom is -0.444 e. The first kappa shape index (κ1) is 26.7. The van der Waals surface area contributed by atoms with Crippen molar-refractivity contribution in [2.24, 2.45) is 13.0 Å². The average molecular weight is 531 g/mol. The van der Waals surface area contributed by atoms with Crippen molar-refractivity contribution in [1.29, 1.82) is 0 Å². The number of hydrogen-bond acceptors (Lipinski definition) is 6. The van der Waals surface area contributed by atoms with Crippen LogP contribution in [0.4, 0.5) is 16.2 Å². The van der Waals surface area contributed by atoms with Crippen LogP contribution in [-0.2, 0) is 24.8 Å². The zero-order valence-electron chi connectivity index (χ0n) is 23.4. The maximum Gasteiger partial charge on any atom is 0.410 e. The first-order valence-electron chi connectivity index (χ1n) is 13.6. The summed E-state index contributed by atoms with van der Waals surface area (Å²) in [6.07, 6.45) is 6.20. The maximum atomic E-state index is 12.4. The number of fused-ring (bicyclic) bond motifs is 1. The van der Waals surface area contributed by atoms with Gasteiger partial charge < -0.3 is 29.2 Å². The molecule has 0 unspecified atom stereocenters. The number of aromatic nitrogens is 4. The number of piperidine rings is 1. The van der Waals surface area contributed by atoms with Gasteiger partial charge in [0.25, 0.3) is 0 Å². The molecule has 0 atom stereocenters. The summed E-state index contributed by atoms with van der Waals surface area (Å²) in [6.45, 7) is 8.98. The summed E-state index contributed by atoms with van der Waals surface area (Å²) in [7, 11) is 2.07. The van der Waals surface area contributed by atoms with Crippen molar-refractivity contribution in [3.63, 3.8) is 0 Å². The number of hydrogen-bond donors (Lipinski definition) is 2. The van der Waals surface area contributed by atoms with E-state index in [9.17, 15) is 9.90 Å². The molecule has 2 aromatic carbocycles. The molecule has 0 spiro atoms. The van der Waals surface area contributed by atoms with Crippen LogP contribution in [0.5, 0.6) is 0 Å². The second-order valence-electron chi connectivity index (χ2n) is 11.4. The Morgan fingerprint density at radius 1 is 1.18 bits per heavy atom. The number of carbonyl (C=O) groups excluding carboxylic acids is 1. The molecule has 0 radical (unpaired) electrons. The van der Waals surface area contributed by atoms with Gasteiger partial charge in [0.1, 0.15) is 16.9 Å². The van der Waals surface area contributed by atoms with E-state index in [4.69, 9.17) is 9.72 Å². The van der Waals surface area contributed by atoms with E-state index in [1.807, 2.05) is 73.7 Å². The highest BCUT2D eigenvalue weighted by Gasteiger charge is 2.28. The number of ether oxygens (including phenoxy) is 1. The molecule has 9 nitrogen and oxygen atoms in total. The number of rotatable bonds is 6. The van der Waals surface area contributed by atoms with Crippen LogP contribution in [0.3, 0.4) is 0 Å². The van der Waals surface area contributed by atoms with Crippen molar-refractivity contribution in [2.45, 2.75) is 59.2 Å². The number of aryl methyl sites for hydroxylation is 2. The maximum absolute atomic E-state index is 12.4. The van der Waals surface area contributed by atoms with Crippen molar-refractivity contribution in [1.82, 2.24) is 24.0 Å². The predicted molar refractivity (Wildman–Crippen MR) is 152 cm³/mol. The number of amides is 1. The summed E-state index contributed by atoms with van der Waals surface area (Å²) in [4.78, 5) is 23.6. The molecule has 0 saturated carbocycles. The van der Waals surface area contributed by atoms with Gasteiger partial charge in [-0.2, -0.15) is 0 Å². The lowest BCUT2D eigenvalue weighted by molar-refractivity contribution is 0.0183. The van der Waals surface area contributed by atoms with Crippen molar-refractivity contribution in [2.75, 3.05) is 18.4 Å². The molecule has 1 aliphatic rings. The number of aliphatic hydroxyl groups is 1. The van der Waals surface area contributed by atoms with Gasteiger partial charge in [-0.3, -0.25) is 0 Å². The molecule has 2 N–H and O–H groups in total. The van der Waals surface area contributed by atoms with Gasteiger partial charge in [0.2, 0.25) is 0 Å². The first-order valence-corrected chi connectivity index (χ1v) is 13.6. The smallest absolute Gasteiger partial charge is 0.410 e. The summed E-state index contributed by atoms with van der Waals surface area (Å²) in [5.74, 6) is 1.50. The number of benzene rings is 2. The molecular formula is C30H38N6O3. The van der Waals surface area contributed by atoms with Gasteiger partial charge in [0, 0.05) is 44.0 Å². The van der Waals surface area contributed by atoms with Gasteiger partial charge >= 0.3 is 6.09 Å². The number of anilines is 2. The van der Waals surface area contributed by atoms with Crippen molar-refractivity contribution in [3.8, 4) is 5.69 Å². The van der Waals surface area contributed by atoms with E-state index in [2.05, 4.69) is 28.0 Å². The third-order valence-electron chi connectivity index (χ3n) is 7.26. The van der Waals surface area contributed by atoms with Crippen molar-refractivity contribution < 1.29 is 14.6 Å². The zero-order valence-corrected chi connectivity index (χ0v) is 23.4. The Morgan fingerprint density at radius 2 is 1.95 bits per heavy atom. The fraction of sp³-hybridized carbons (Fsp3) is 0.433. The minimum atomic E-state index is -0.479. The fourth-order valence-electron chi connectivity index (χ4n) is 5.20. The van der Waals surface area contributed by atoms with Crippen LogP contribution in [0.2, 0.25) is 0 Å². The second-order valence-corrected chi connectivity index (χ2v) is 11.4. The van der Waals surface area contributed by atoms with Crippen LogP contribution in [0.1, 0.15) is 50.7 Å². The third-order valence-corrected chi connectivity index (χ3v) is 7.26. The van der Waals surface area contributed by atoms with E-state index in [1.165, 1.54) is 0 Å². The highest BCUT2D eigenvalue weighted by atomic mass is 16.6. The Labute approximate surface area is 229 Å². The summed E-state index contributed by atoms with van der Waals surface area (Å²) >= 11 is 0. The zero-order chi connectivity index (χ0) is 27.7. The largest absolute Gasteiger partial charge is 0.444 e. The van der Waals surface area contributed by atoms with Crippen LogP contribution < -0.4 is 5.32 Å². The van der Waals surface area contributed by atoms with Crippen LogP contribution >= 0.6 is 0 Å². The average Bonchev–Trinajstić information content (AvgIpc) is 3.47. The molecule has 3 heterocycles. The van der Waals surface area contributed by atoms with Gasteiger partial charge in [-0.1, -0.05) is 6.07 Å². The number of nitrogens with zero attached hydrogens (tertiary/aromatic N) is 5. The topological polar surface area (TPSA) is 97.4 Å². The van der Waals surface area contributed by atoms with Crippen molar-refractivity contribution in [3.05, 3.63) is 66.0 Å². The molecule has 206 valence electrons. The summed E-state index contributed by atoms with van der Waals surface area (Å²) in [6, 6.07) is 12.1. The fourth-order valence-corrected chi connectivity index (χ4v) is 5.20. The molecule has 1 amide bonds. The lowest BCUT2D eigenvalue weighted by atomic mass is 9.93. The molecule has 1 fully saturated rings. The van der Waals surface area contributed by atoms with E-state index >= 15 is 0 Å². The molecule has 4 aromatic rings. The van der Waals surface area contributed by atoms with E-state index in [0.29, 0.717) is 19.0 Å².